The van der Waals surface area contributed by atoms with Crippen LogP contribution in [0.2, 0.25) is 0 Å². The third kappa shape index (κ3) is 9.84. The molecule has 0 amide bonds. The molecule has 0 aliphatic heterocycles. The van der Waals surface area contributed by atoms with Gasteiger partial charge in [-0.25, -0.2) is 5.11 Å². The molecule has 0 saturated heterocycles. The quantitative estimate of drug-likeness (QED) is 0.451. The van der Waals surface area contributed by atoms with Crippen LogP contribution in [0.1, 0.15) is 20.8 Å². The first-order chi connectivity index (χ1) is 5.06. The van der Waals surface area contributed by atoms with Gasteiger partial charge in [0.15, 0.2) is 13.6 Å². The Kier molecular flexibility index (Phi) is 5.41. The van der Waals surface area contributed by atoms with E-state index in [2.05, 4.69) is 4.74 Å². The second-order valence-corrected chi connectivity index (χ2v) is 3.02. The van der Waals surface area contributed by atoms with Crippen molar-refractivity contribution >= 4 is 0 Å². The Morgan fingerprint density at radius 1 is 1.09 bits per heavy atom. The third-order valence-electron chi connectivity index (χ3n) is 0.825. The molecule has 0 aromatic rings. The van der Waals surface area contributed by atoms with Gasteiger partial charge in [0.25, 0.3) is 0 Å². The number of rotatable bonds is 5. The molecule has 0 aromatic heterocycles. The molecule has 0 bridgehead atoms. The Hall–Kier alpha value is -0.160. The average Bonchev–Trinajstić information content (AvgIpc) is 1.85. The number of ether oxygens (including phenoxy) is 3. The van der Waals surface area contributed by atoms with Crippen LogP contribution in [0.4, 0.5) is 0 Å². The first kappa shape index (κ1) is 10.8. The lowest BCUT2D eigenvalue weighted by Crippen LogP contribution is -2.21. The molecule has 11 heavy (non-hydrogen) atoms. The fourth-order valence-electron chi connectivity index (χ4n) is 0.345. The zero-order valence-electron chi connectivity index (χ0n) is 7.25. The topological polar surface area (TPSA) is 47.6 Å². The van der Waals surface area contributed by atoms with Crippen molar-refractivity contribution in [3.8, 4) is 0 Å². The van der Waals surface area contributed by atoms with E-state index in [9.17, 15) is 5.11 Å². The van der Waals surface area contributed by atoms with Crippen LogP contribution in [0.15, 0.2) is 0 Å². The van der Waals surface area contributed by atoms with Crippen molar-refractivity contribution < 1.29 is 19.3 Å². The SMILES string of the molecule is CC(C)(C)OCOCOC[O]. The molecule has 0 aliphatic rings. The van der Waals surface area contributed by atoms with E-state index in [-0.39, 0.29) is 19.2 Å². The lowest BCUT2D eigenvalue weighted by Gasteiger charge is -2.18. The zero-order chi connectivity index (χ0) is 8.74. The standard InChI is InChI=1S/C7H15O4/c1-7(2,3)11-6-10-5-9-4-8/h4-6H2,1-3H3. The van der Waals surface area contributed by atoms with Gasteiger partial charge in [0, 0.05) is 0 Å². The Morgan fingerprint density at radius 3 is 2.18 bits per heavy atom. The Balaban J connectivity index is 3.02. The molecule has 0 fully saturated rings. The van der Waals surface area contributed by atoms with Crippen molar-refractivity contribution in [2.45, 2.75) is 26.4 Å². The van der Waals surface area contributed by atoms with Crippen LogP contribution in [0.5, 0.6) is 0 Å². The molecule has 0 atom stereocenters. The van der Waals surface area contributed by atoms with Crippen molar-refractivity contribution in [1.82, 2.24) is 0 Å². The lowest BCUT2D eigenvalue weighted by atomic mass is 10.2. The molecule has 0 rings (SSSR count). The van der Waals surface area contributed by atoms with Crippen molar-refractivity contribution in [2.24, 2.45) is 0 Å². The molecule has 0 saturated carbocycles. The van der Waals surface area contributed by atoms with E-state index in [0.29, 0.717) is 0 Å². The van der Waals surface area contributed by atoms with E-state index in [1.54, 1.807) is 0 Å². The van der Waals surface area contributed by atoms with Crippen LogP contribution >= 0.6 is 0 Å². The van der Waals surface area contributed by atoms with Gasteiger partial charge in [0.1, 0.15) is 6.79 Å². The molecule has 0 heterocycles. The summed E-state index contributed by atoms with van der Waals surface area (Å²) >= 11 is 0. The summed E-state index contributed by atoms with van der Waals surface area (Å²) in [5, 5.41) is 9.75. The van der Waals surface area contributed by atoms with Crippen LogP contribution in [0.25, 0.3) is 0 Å². The largest absolute Gasteiger partial charge is 0.350 e. The first-order valence-corrected chi connectivity index (χ1v) is 3.44. The van der Waals surface area contributed by atoms with Gasteiger partial charge in [0.2, 0.25) is 0 Å². The molecule has 0 N–H and O–H groups in total. The van der Waals surface area contributed by atoms with Gasteiger partial charge < -0.3 is 14.2 Å². The zero-order valence-corrected chi connectivity index (χ0v) is 7.25. The molecule has 4 heteroatoms. The fourth-order valence-corrected chi connectivity index (χ4v) is 0.345. The maximum absolute atomic E-state index is 9.75. The second-order valence-electron chi connectivity index (χ2n) is 3.02. The maximum Gasteiger partial charge on any atom is 0.183 e. The highest BCUT2D eigenvalue weighted by Gasteiger charge is 2.08. The van der Waals surface area contributed by atoms with Crippen LogP contribution < -0.4 is 0 Å². The summed E-state index contributed by atoms with van der Waals surface area (Å²) in [6.45, 7) is 5.35. The van der Waals surface area contributed by atoms with E-state index in [4.69, 9.17) is 9.47 Å². The Morgan fingerprint density at radius 2 is 1.73 bits per heavy atom. The molecule has 0 aromatic carbocycles. The summed E-state index contributed by atoms with van der Waals surface area (Å²) in [5.41, 5.74) is -0.211. The summed E-state index contributed by atoms with van der Waals surface area (Å²) in [7, 11) is 0. The van der Waals surface area contributed by atoms with Gasteiger partial charge in [-0.3, -0.25) is 0 Å². The van der Waals surface area contributed by atoms with Crippen LogP contribution in [0, 0.1) is 0 Å². The van der Waals surface area contributed by atoms with Crippen molar-refractivity contribution in [3.05, 3.63) is 0 Å². The molecular formula is C7H15O4. The van der Waals surface area contributed by atoms with E-state index >= 15 is 0 Å². The monoisotopic (exact) mass is 163 g/mol. The van der Waals surface area contributed by atoms with Crippen molar-refractivity contribution in [1.29, 1.82) is 0 Å². The van der Waals surface area contributed by atoms with E-state index in [1.165, 1.54) is 0 Å². The summed E-state index contributed by atoms with van der Waals surface area (Å²) in [5.74, 6) is 0. The fraction of sp³-hybridized carbons (Fsp3) is 1.00. The maximum atomic E-state index is 9.75. The molecule has 0 aliphatic carbocycles. The van der Waals surface area contributed by atoms with Gasteiger partial charge >= 0.3 is 0 Å². The summed E-state index contributed by atoms with van der Waals surface area (Å²) in [4.78, 5) is 0. The molecule has 4 nitrogen and oxygen atoms in total. The Labute approximate surface area is 67.1 Å². The van der Waals surface area contributed by atoms with Gasteiger partial charge in [-0.05, 0) is 20.8 Å². The second kappa shape index (κ2) is 5.49. The smallest absolute Gasteiger partial charge is 0.183 e. The minimum atomic E-state index is -0.574. The lowest BCUT2D eigenvalue weighted by molar-refractivity contribution is -0.191. The molecule has 0 unspecified atom stereocenters. The highest BCUT2D eigenvalue weighted by molar-refractivity contribution is 4.56. The minimum absolute atomic E-state index is 0.000417. The van der Waals surface area contributed by atoms with Crippen molar-refractivity contribution in [3.63, 3.8) is 0 Å². The Bertz CT molecular complexity index is 86.9. The first-order valence-electron chi connectivity index (χ1n) is 3.44. The van der Waals surface area contributed by atoms with Crippen molar-refractivity contribution in [2.75, 3.05) is 20.4 Å². The minimum Gasteiger partial charge on any atom is -0.350 e. The number of hydrogen-bond donors (Lipinski definition) is 0. The number of hydrogen-bond acceptors (Lipinski definition) is 3. The average molecular weight is 163 g/mol. The highest BCUT2D eigenvalue weighted by atomic mass is 16.8. The summed E-state index contributed by atoms with van der Waals surface area (Å²) in [6.07, 6.45) is 0. The van der Waals surface area contributed by atoms with Gasteiger partial charge in [-0.2, -0.15) is 0 Å². The normalized spacial score (nSPS) is 12.0. The van der Waals surface area contributed by atoms with E-state index in [0.717, 1.165) is 0 Å². The molecule has 1 radical (unpaired) electrons. The van der Waals surface area contributed by atoms with Gasteiger partial charge in [-0.1, -0.05) is 0 Å². The predicted octanol–water partition coefficient (Wildman–Crippen LogP) is 1.14. The predicted molar refractivity (Wildman–Crippen MR) is 38.3 cm³/mol. The highest BCUT2D eigenvalue weighted by Crippen LogP contribution is 2.05. The van der Waals surface area contributed by atoms with Crippen LogP contribution in [0.3, 0.4) is 0 Å². The van der Waals surface area contributed by atoms with Crippen LogP contribution in [-0.4, -0.2) is 26.0 Å². The third-order valence-corrected chi connectivity index (χ3v) is 0.825. The summed E-state index contributed by atoms with van der Waals surface area (Å²) in [6, 6.07) is 0. The van der Waals surface area contributed by atoms with Crippen LogP contribution in [-0.2, 0) is 19.3 Å². The molecule has 0 spiro atoms. The van der Waals surface area contributed by atoms with E-state index in [1.807, 2.05) is 20.8 Å². The molecular weight excluding hydrogens is 148 g/mol. The summed E-state index contributed by atoms with van der Waals surface area (Å²) < 4.78 is 14.4. The van der Waals surface area contributed by atoms with Gasteiger partial charge in [-0.15, -0.1) is 0 Å². The molecule has 67 valence electrons. The van der Waals surface area contributed by atoms with Gasteiger partial charge in [0.05, 0.1) is 5.60 Å². The van der Waals surface area contributed by atoms with E-state index < -0.39 is 6.79 Å².